The lowest BCUT2D eigenvalue weighted by atomic mass is 9.94. The van der Waals surface area contributed by atoms with Crippen LogP contribution in [-0.4, -0.2) is 5.38 Å². The molecule has 2 fully saturated rings. The minimum Gasteiger partial charge on any atom is -0.207 e. The second-order valence-electron chi connectivity index (χ2n) is 5.41. The molecule has 0 heterocycles. The molecule has 0 spiro atoms. The molecule has 0 radical (unpaired) electrons. The van der Waals surface area contributed by atoms with E-state index in [4.69, 9.17) is 11.6 Å². The van der Waals surface area contributed by atoms with E-state index in [0.717, 1.165) is 24.7 Å². The molecule has 0 aromatic heterocycles. The summed E-state index contributed by atoms with van der Waals surface area (Å²) in [5.74, 6) is 1.20. The van der Waals surface area contributed by atoms with E-state index < -0.39 is 11.6 Å². The first kappa shape index (κ1) is 11.5. The summed E-state index contributed by atoms with van der Waals surface area (Å²) in [5.41, 5.74) is 0.146. The van der Waals surface area contributed by atoms with Gasteiger partial charge in [-0.25, -0.2) is 8.78 Å². The van der Waals surface area contributed by atoms with Crippen LogP contribution in [0.5, 0.6) is 0 Å². The van der Waals surface area contributed by atoms with Crippen molar-refractivity contribution in [3.63, 3.8) is 0 Å². The van der Waals surface area contributed by atoms with E-state index in [9.17, 15) is 8.78 Å². The van der Waals surface area contributed by atoms with Gasteiger partial charge in [0.05, 0.1) is 0 Å². The third kappa shape index (κ3) is 2.20. The largest absolute Gasteiger partial charge is 0.207 e. The summed E-state index contributed by atoms with van der Waals surface area (Å²) in [6.07, 6.45) is 3.95. The van der Waals surface area contributed by atoms with E-state index in [1.54, 1.807) is 0 Å². The van der Waals surface area contributed by atoms with Gasteiger partial charge in [-0.05, 0) is 55.6 Å². The zero-order valence-electron chi connectivity index (χ0n) is 9.50. The molecule has 3 rings (SSSR count). The highest BCUT2D eigenvalue weighted by molar-refractivity contribution is 6.21. The molecule has 0 amide bonds. The van der Waals surface area contributed by atoms with Crippen molar-refractivity contribution in [2.24, 2.45) is 17.8 Å². The topological polar surface area (TPSA) is 0 Å². The second kappa shape index (κ2) is 4.24. The highest BCUT2D eigenvalue weighted by atomic mass is 35.5. The molecular formula is C14H15ClF2. The van der Waals surface area contributed by atoms with Gasteiger partial charge in [0.25, 0.3) is 0 Å². The molecule has 1 aromatic carbocycles. The van der Waals surface area contributed by atoms with Crippen LogP contribution in [0.15, 0.2) is 18.2 Å². The lowest BCUT2D eigenvalue weighted by molar-refractivity contribution is 0.448. The predicted octanol–water partition coefficient (Wildman–Crippen LogP) is 4.16. The van der Waals surface area contributed by atoms with Crippen molar-refractivity contribution in [3.8, 4) is 0 Å². The molecule has 0 aliphatic heterocycles. The molecule has 1 aromatic rings. The molecule has 0 saturated heterocycles. The van der Waals surface area contributed by atoms with Gasteiger partial charge in [-0.3, -0.25) is 0 Å². The Morgan fingerprint density at radius 1 is 1.12 bits per heavy atom. The molecule has 0 N–H and O–H groups in total. The van der Waals surface area contributed by atoms with Gasteiger partial charge in [-0.15, -0.1) is 11.6 Å². The Labute approximate surface area is 105 Å². The van der Waals surface area contributed by atoms with E-state index in [2.05, 4.69) is 0 Å². The van der Waals surface area contributed by atoms with Crippen LogP contribution in [0.4, 0.5) is 8.78 Å². The van der Waals surface area contributed by atoms with Gasteiger partial charge in [0.2, 0.25) is 0 Å². The molecule has 2 aliphatic rings. The zero-order chi connectivity index (χ0) is 12.0. The summed E-state index contributed by atoms with van der Waals surface area (Å²) in [5, 5.41) is -0.130. The van der Waals surface area contributed by atoms with Crippen molar-refractivity contribution >= 4 is 11.6 Å². The zero-order valence-corrected chi connectivity index (χ0v) is 10.3. The number of halogens is 3. The normalized spacial score (nSPS) is 32.3. The highest BCUT2D eigenvalue weighted by Crippen LogP contribution is 2.56. The molecule has 3 unspecified atom stereocenters. The predicted molar refractivity (Wildman–Crippen MR) is 64.0 cm³/mol. The number of fused-ring (bicyclic) bond motifs is 1. The molecule has 0 bridgehead atoms. The van der Waals surface area contributed by atoms with Crippen LogP contribution in [0.3, 0.4) is 0 Å². The Kier molecular flexibility index (Phi) is 2.86. The van der Waals surface area contributed by atoms with Gasteiger partial charge < -0.3 is 0 Å². The Morgan fingerprint density at radius 2 is 1.71 bits per heavy atom. The monoisotopic (exact) mass is 256 g/mol. The summed E-state index contributed by atoms with van der Waals surface area (Å²) in [4.78, 5) is 0. The van der Waals surface area contributed by atoms with Crippen molar-refractivity contribution in [3.05, 3.63) is 35.4 Å². The molecule has 0 nitrogen and oxygen atoms in total. The number of hydrogen-bond acceptors (Lipinski definition) is 0. The van der Waals surface area contributed by atoms with Crippen molar-refractivity contribution in [1.82, 2.24) is 0 Å². The molecule has 3 atom stereocenters. The Hall–Kier alpha value is -0.630. The summed E-state index contributed by atoms with van der Waals surface area (Å²) in [7, 11) is 0. The number of alkyl halides is 1. The molecule has 2 aliphatic carbocycles. The summed E-state index contributed by atoms with van der Waals surface area (Å²) >= 11 is 6.32. The average Bonchev–Trinajstić information content (AvgIpc) is 2.91. The van der Waals surface area contributed by atoms with E-state index in [0.29, 0.717) is 12.3 Å². The maximum absolute atomic E-state index is 13.5. The quantitative estimate of drug-likeness (QED) is 0.713. The van der Waals surface area contributed by atoms with Crippen LogP contribution in [0.2, 0.25) is 0 Å². The van der Waals surface area contributed by atoms with Crippen LogP contribution in [-0.2, 0) is 6.42 Å². The third-order valence-corrected chi connectivity index (χ3v) is 4.76. The molecule has 3 heteroatoms. The molecule has 2 saturated carbocycles. The minimum atomic E-state index is -0.473. The first-order valence-corrected chi connectivity index (χ1v) is 6.65. The van der Waals surface area contributed by atoms with E-state index in [-0.39, 0.29) is 10.9 Å². The van der Waals surface area contributed by atoms with Crippen LogP contribution in [0.25, 0.3) is 0 Å². The first-order valence-electron chi connectivity index (χ1n) is 6.22. The maximum Gasteiger partial charge on any atom is 0.129 e. The fourth-order valence-corrected chi connectivity index (χ4v) is 3.51. The third-order valence-electron chi connectivity index (χ3n) is 4.25. The number of benzene rings is 1. The second-order valence-corrected chi connectivity index (χ2v) is 5.97. The fraction of sp³-hybridized carbons (Fsp3) is 0.571. The summed E-state index contributed by atoms with van der Waals surface area (Å²) < 4.78 is 27.0. The van der Waals surface area contributed by atoms with Crippen LogP contribution < -0.4 is 0 Å². The Bertz CT molecular complexity index is 402. The van der Waals surface area contributed by atoms with Gasteiger partial charge in [0.1, 0.15) is 11.6 Å². The average molecular weight is 257 g/mol. The van der Waals surface area contributed by atoms with Gasteiger partial charge in [-0.2, -0.15) is 0 Å². The van der Waals surface area contributed by atoms with E-state index in [1.165, 1.54) is 24.6 Å². The standard InChI is InChI=1S/C14H15ClF2/c15-12(10-5-8-4-9(8)6-10)7-11-13(16)2-1-3-14(11)17/h1-3,8-10,12H,4-7H2. The molecule has 17 heavy (non-hydrogen) atoms. The Morgan fingerprint density at radius 3 is 2.29 bits per heavy atom. The SMILES string of the molecule is Fc1cccc(F)c1CC(Cl)C1CC2CC2C1. The molecule has 92 valence electrons. The summed E-state index contributed by atoms with van der Waals surface area (Å²) in [6.45, 7) is 0. The maximum atomic E-state index is 13.5. The smallest absolute Gasteiger partial charge is 0.129 e. The lowest BCUT2D eigenvalue weighted by Crippen LogP contribution is -2.17. The van der Waals surface area contributed by atoms with Crippen molar-refractivity contribution < 1.29 is 8.78 Å². The van der Waals surface area contributed by atoms with Crippen LogP contribution >= 0.6 is 11.6 Å². The van der Waals surface area contributed by atoms with Gasteiger partial charge in [0.15, 0.2) is 0 Å². The van der Waals surface area contributed by atoms with E-state index in [1.807, 2.05) is 0 Å². The van der Waals surface area contributed by atoms with Crippen LogP contribution in [0, 0.1) is 29.4 Å². The van der Waals surface area contributed by atoms with Crippen molar-refractivity contribution in [2.45, 2.75) is 31.1 Å². The van der Waals surface area contributed by atoms with Crippen molar-refractivity contribution in [2.75, 3.05) is 0 Å². The van der Waals surface area contributed by atoms with Crippen LogP contribution in [0.1, 0.15) is 24.8 Å². The van der Waals surface area contributed by atoms with Gasteiger partial charge in [0, 0.05) is 10.9 Å². The number of hydrogen-bond donors (Lipinski definition) is 0. The van der Waals surface area contributed by atoms with E-state index >= 15 is 0 Å². The fourth-order valence-electron chi connectivity index (χ4n) is 3.15. The van der Waals surface area contributed by atoms with Crippen molar-refractivity contribution in [1.29, 1.82) is 0 Å². The first-order chi connectivity index (χ1) is 8.15. The highest BCUT2D eigenvalue weighted by Gasteiger charge is 2.47. The van der Waals surface area contributed by atoms with Gasteiger partial charge >= 0.3 is 0 Å². The minimum absolute atomic E-state index is 0.130. The summed E-state index contributed by atoms with van der Waals surface area (Å²) in [6, 6.07) is 3.99. The lowest BCUT2D eigenvalue weighted by Gasteiger charge is -2.19. The molecular weight excluding hydrogens is 242 g/mol. The number of rotatable bonds is 3. The van der Waals surface area contributed by atoms with Gasteiger partial charge in [-0.1, -0.05) is 6.07 Å². The Balaban J connectivity index is 1.69.